The third-order valence-electron chi connectivity index (χ3n) is 4.48. The third-order valence-corrected chi connectivity index (χ3v) is 4.48. The number of hydrogen-bond acceptors (Lipinski definition) is 5. The van der Waals surface area contributed by atoms with Gasteiger partial charge in [0.25, 0.3) is 0 Å². The summed E-state index contributed by atoms with van der Waals surface area (Å²) in [5, 5.41) is 0. The highest BCUT2D eigenvalue weighted by molar-refractivity contribution is 5.65. The second kappa shape index (κ2) is 6.91. The molecule has 1 heterocycles. The lowest BCUT2D eigenvalue weighted by Crippen LogP contribution is -2.29. The average Bonchev–Trinajstić information content (AvgIpc) is 2.80. The molecule has 2 aromatic rings. The number of likely N-dealkylation sites (N-methyl/N-ethyl adjacent to an activating group) is 1. The number of para-hydroxylation sites is 1. The molecule has 128 valence electrons. The van der Waals surface area contributed by atoms with E-state index in [9.17, 15) is 0 Å². The number of anilines is 2. The van der Waals surface area contributed by atoms with Crippen LogP contribution in [0.5, 0.6) is 17.2 Å². The van der Waals surface area contributed by atoms with E-state index >= 15 is 0 Å². The predicted octanol–water partition coefficient (Wildman–Crippen LogP) is 3.17. The molecule has 0 spiro atoms. The fraction of sp³-hybridized carbons (Fsp3) is 0.368. The molecule has 2 aromatic carbocycles. The summed E-state index contributed by atoms with van der Waals surface area (Å²) in [5.74, 6) is 1.98. The first-order valence-corrected chi connectivity index (χ1v) is 8.02. The molecular weight excluding hydrogens is 304 g/mol. The molecule has 5 heteroatoms. The monoisotopic (exact) mass is 328 g/mol. The van der Waals surface area contributed by atoms with Gasteiger partial charge in [0.1, 0.15) is 0 Å². The molecule has 0 unspecified atom stereocenters. The summed E-state index contributed by atoms with van der Waals surface area (Å²) < 4.78 is 16.4. The minimum Gasteiger partial charge on any atom is -0.493 e. The molecule has 0 amide bonds. The summed E-state index contributed by atoms with van der Waals surface area (Å²) >= 11 is 0. The Balaban J connectivity index is 2.00. The predicted molar refractivity (Wildman–Crippen MR) is 96.9 cm³/mol. The molecule has 1 aliphatic heterocycles. The van der Waals surface area contributed by atoms with E-state index in [1.54, 1.807) is 21.3 Å². The van der Waals surface area contributed by atoms with Crippen molar-refractivity contribution in [3.63, 3.8) is 0 Å². The number of nitrogens with zero attached hydrogens (tertiary/aromatic N) is 2. The van der Waals surface area contributed by atoms with Crippen LogP contribution in [0.25, 0.3) is 0 Å². The number of benzene rings is 2. The topological polar surface area (TPSA) is 34.2 Å². The summed E-state index contributed by atoms with van der Waals surface area (Å²) in [6.45, 7) is 2.72. The van der Waals surface area contributed by atoms with E-state index in [0.717, 1.165) is 25.3 Å². The first-order chi connectivity index (χ1) is 11.7. The molecule has 0 aliphatic carbocycles. The quantitative estimate of drug-likeness (QED) is 0.861. The van der Waals surface area contributed by atoms with Gasteiger partial charge in [0.05, 0.1) is 21.3 Å². The molecule has 1 aliphatic rings. The lowest BCUT2D eigenvalue weighted by molar-refractivity contribution is 0.324. The van der Waals surface area contributed by atoms with Crippen LogP contribution in [0.15, 0.2) is 36.4 Å². The SMILES string of the molecule is COc1cc(N2CCN(C)c3ccccc3C2)cc(OC)c1OC. The first-order valence-electron chi connectivity index (χ1n) is 8.02. The molecule has 0 saturated heterocycles. The van der Waals surface area contributed by atoms with Crippen molar-refractivity contribution in [1.29, 1.82) is 0 Å². The van der Waals surface area contributed by atoms with Gasteiger partial charge in [-0.05, 0) is 11.6 Å². The Bertz CT molecular complexity index is 693. The first kappa shape index (κ1) is 16.3. The van der Waals surface area contributed by atoms with Crippen LogP contribution in [0.1, 0.15) is 5.56 Å². The highest BCUT2D eigenvalue weighted by Gasteiger charge is 2.21. The van der Waals surface area contributed by atoms with Gasteiger partial charge in [-0.2, -0.15) is 0 Å². The molecule has 5 nitrogen and oxygen atoms in total. The van der Waals surface area contributed by atoms with E-state index in [1.807, 2.05) is 12.1 Å². The van der Waals surface area contributed by atoms with E-state index < -0.39 is 0 Å². The zero-order valence-electron chi connectivity index (χ0n) is 14.7. The van der Waals surface area contributed by atoms with Crippen molar-refractivity contribution in [2.24, 2.45) is 0 Å². The Morgan fingerprint density at radius 1 is 0.875 bits per heavy atom. The van der Waals surface area contributed by atoms with Crippen LogP contribution >= 0.6 is 0 Å². The van der Waals surface area contributed by atoms with Crippen molar-refractivity contribution in [1.82, 2.24) is 0 Å². The fourth-order valence-electron chi connectivity index (χ4n) is 3.16. The number of rotatable bonds is 4. The van der Waals surface area contributed by atoms with E-state index in [2.05, 4.69) is 41.1 Å². The molecule has 0 fully saturated rings. The summed E-state index contributed by atoms with van der Waals surface area (Å²) in [6.07, 6.45) is 0. The van der Waals surface area contributed by atoms with E-state index in [4.69, 9.17) is 14.2 Å². The van der Waals surface area contributed by atoms with Gasteiger partial charge in [-0.3, -0.25) is 0 Å². The Morgan fingerprint density at radius 3 is 2.17 bits per heavy atom. The molecule has 0 saturated carbocycles. The summed E-state index contributed by atoms with van der Waals surface area (Å²) in [7, 11) is 7.05. The van der Waals surface area contributed by atoms with Crippen LogP contribution in [0.3, 0.4) is 0 Å². The molecule has 0 N–H and O–H groups in total. The van der Waals surface area contributed by atoms with E-state index in [-0.39, 0.29) is 0 Å². The van der Waals surface area contributed by atoms with Gasteiger partial charge in [0.2, 0.25) is 5.75 Å². The lowest BCUT2D eigenvalue weighted by Gasteiger charge is -2.25. The Morgan fingerprint density at radius 2 is 1.54 bits per heavy atom. The second-order valence-electron chi connectivity index (χ2n) is 5.86. The largest absolute Gasteiger partial charge is 0.493 e. The van der Waals surface area contributed by atoms with Gasteiger partial charge in [-0.15, -0.1) is 0 Å². The van der Waals surface area contributed by atoms with E-state index in [0.29, 0.717) is 17.2 Å². The maximum atomic E-state index is 5.49. The zero-order chi connectivity index (χ0) is 17.1. The van der Waals surface area contributed by atoms with Crippen LogP contribution in [0, 0.1) is 0 Å². The van der Waals surface area contributed by atoms with Crippen molar-refractivity contribution in [2.45, 2.75) is 6.54 Å². The molecule has 3 rings (SSSR count). The van der Waals surface area contributed by atoms with Crippen molar-refractivity contribution >= 4 is 11.4 Å². The Hall–Kier alpha value is -2.56. The number of methoxy groups -OCH3 is 3. The zero-order valence-corrected chi connectivity index (χ0v) is 14.7. The fourth-order valence-corrected chi connectivity index (χ4v) is 3.16. The minimum absolute atomic E-state index is 0.621. The van der Waals surface area contributed by atoms with Crippen molar-refractivity contribution in [3.8, 4) is 17.2 Å². The number of fused-ring (bicyclic) bond motifs is 1. The highest BCUT2D eigenvalue weighted by atomic mass is 16.5. The minimum atomic E-state index is 0.621. The average molecular weight is 328 g/mol. The molecule has 0 radical (unpaired) electrons. The standard InChI is InChI=1S/C19H24N2O3/c1-20-9-10-21(13-14-7-5-6-8-16(14)20)15-11-17(22-2)19(24-4)18(12-15)23-3/h5-8,11-12H,9-10,13H2,1-4H3. The van der Waals surface area contributed by atoms with Gasteiger partial charge in [-0.25, -0.2) is 0 Å². The normalized spacial score (nSPS) is 14.0. The van der Waals surface area contributed by atoms with Crippen LogP contribution < -0.4 is 24.0 Å². The summed E-state index contributed by atoms with van der Waals surface area (Å²) in [6, 6.07) is 12.6. The number of ether oxygens (including phenoxy) is 3. The van der Waals surface area contributed by atoms with Crippen LogP contribution in [0.4, 0.5) is 11.4 Å². The van der Waals surface area contributed by atoms with Gasteiger partial charge < -0.3 is 24.0 Å². The molecule has 0 atom stereocenters. The second-order valence-corrected chi connectivity index (χ2v) is 5.86. The maximum Gasteiger partial charge on any atom is 0.203 e. The van der Waals surface area contributed by atoms with Gasteiger partial charge in [-0.1, -0.05) is 18.2 Å². The lowest BCUT2D eigenvalue weighted by atomic mass is 10.1. The number of hydrogen-bond donors (Lipinski definition) is 0. The van der Waals surface area contributed by atoms with Crippen LogP contribution in [-0.4, -0.2) is 41.5 Å². The summed E-state index contributed by atoms with van der Waals surface area (Å²) in [4.78, 5) is 4.64. The molecule has 0 bridgehead atoms. The van der Waals surface area contributed by atoms with E-state index in [1.165, 1.54) is 11.3 Å². The van der Waals surface area contributed by atoms with Crippen molar-refractivity contribution in [2.75, 3.05) is 51.3 Å². The maximum absolute atomic E-state index is 5.49. The Labute approximate surface area is 143 Å². The molecule has 0 aromatic heterocycles. The van der Waals surface area contributed by atoms with Crippen LogP contribution in [-0.2, 0) is 6.54 Å². The van der Waals surface area contributed by atoms with Gasteiger partial charge >= 0.3 is 0 Å². The third kappa shape index (κ3) is 2.94. The highest BCUT2D eigenvalue weighted by Crippen LogP contribution is 2.41. The van der Waals surface area contributed by atoms with Crippen molar-refractivity contribution < 1.29 is 14.2 Å². The summed E-state index contributed by atoms with van der Waals surface area (Å²) in [5.41, 5.74) is 3.66. The molecular formula is C19H24N2O3. The van der Waals surface area contributed by atoms with Gasteiger partial charge in [0, 0.05) is 50.2 Å². The Kier molecular flexibility index (Phi) is 4.69. The van der Waals surface area contributed by atoms with Crippen LogP contribution in [0.2, 0.25) is 0 Å². The smallest absolute Gasteiger partial charge is 0.203 e. The molecule has 24 heavy (non-hydrogen) atoms. The van der Waals surface area contributed by atoms with Crippen molar-refractivity contribution in [3.05, 3.63) is 42.0 Å². The van der Waals surface area contributed by atoms with Gasteiger partial charge in [0.15, 0.2) is 11.5 Å².